The smallest absolute Gasteiger partial charge is 0.123 e. The van der Waals surface area contributed by atoms with Crippen LogP contribution in [-0.4, -0.2) is 29.7 Å². The van der Waals surface area contributed by atoms with Crippen molar-refractivity contribution in [2.24, 2.45) is 0 Å². The molecule has 0 aliphatic rings. The van der Waals surface area contributed by atoms with Crippen molar-refractivity contribution < 1.29 is 9.50 Å². The molecule has 0 aliphatic heterocycles. The predicted molar refractivity (Wildman–Crippen MR) is 59.1 cm³/mol. The normalized spacial score (nSPS) is 14.3. The summed E-state index contributed by atoms with van der Waals surface area (Å²) in [5.74, 6) is -0.257. The van der Waals surface area contributed by atoms with Gasteiger partial charge in [0, 0.05) is 0 Å². The molecule has 1 aromatic rings. The fourth-order valence-corrected chi connectivity index (χ4v) is 1.98. The predicted octanol–water partition coefficient (Wildman–Crippen LogP) is 2.20. The first-order valence-corrected chi connectivity index (χ1v) is 4.96. The van der Waals surface area contributed by atoms with Crippen LogP contribution in [0.25, 0.3) is 0 Å². The number of likely N-dealkylation sites (N-methyl/N-ethyl adjacent to an activating group) is 1. The first-order chi connectivity index (χ1) is 6.82. The molecule has 0 saturated heterocycles. The molecule has 0 aromatic heterocycles. The Morgan fingerprint density at radius 1 is 1.20 bits per heavy atom. The Balaban J connectivity index is 3.05. The van der Waals surface area contributed by atoms with Crippen molar-refractivity contribution in [2.45, 2.75) is 25.5 Å². The van der Waals surface area contributed by atoms with E-state index < -0.39 is 5.60 Å². The molecule has 1 N–H and O–H groups in total. The molecule has 0 saturated carbocycles. The molecule has 0 aliphatic carbocycles. The van der Waals surface area contributed by atoms with Crippen LogP contribution in [0.4, 0.5) is 4.39 Å². The highest BCUT2D eigenvalue weighted by molar-refractivity contribution is 5.22. The van der Waals surface area contributed by atoms with Gasteiger partial charge in [0.05, 0.1) is 11.6 Å². The lowest BCUT2D eigenvalue weighted by Crippen LogP contribution is -2.38. The summed E-state index contributed by atoms with van der Waals surface area (Å²) < 4.78 is 12.8. The summed E-state index contributed by atoms with van der Waals surface area (Å²) in [6.07, 6.45) is 0. The maximum atomic E-state index is 12.8. The lowest BCUT2D eigenvalue weighted by Gasteiger charge is -2.35. The molecule has 1 atom stereocenters. The molecule has 15 heavy (non-hydrogen) atoms. The Bertz CT molecular complexity index is 313. The Morgan fingerprint density at radius 2 is 1.67 bits per heavy atom. The highest BCUT2D eigenvalue weighted by Crippen LogP contribution is 2.29. The van der Waals surface area contributed by atoms with Gasteiger partial charge >= 0.3 is 0 Å². The van der Waals surface area contributed by atoms with Gasteiger partial charge in [0.15, 0.2) is 0 Å². The van der Waals surface area contributed by atoms with Gasteiger partial charge in [-0.3, -0.25) is 4.90 Å². The highest BCUT2D eigenvalue weighted by atomic mass is 19.1. The van der Waals surface area contributed by atoms with E-state index in [1.54, 1.807) is 26.0 Å². The van der Waals surface area contributed by atoms with E-state index in [1.807, 2.05) is 19.0 Å². The average Bonchev–Trinajstić information content (AvgIpc) is 2.05. The molecule has 0 bridgehead atoms. The SMILES string of the molecule is CN(C)C(c1ccc(F)cc1)C(C)(C)O. The van der Waals surface area contributed by atoms with Crippen molar-refractivity contribution >= 4 is 0 Å². The van der Waals surface area contributed by atoms with E-state index in [0.717, 1.165) is 5.56 Å². The van der Waals surface area contributed by atoms with Crippen LogP contribution in [0.15, 0.2) is 24.3 Å². The summed E-state index contributed by atoms with van der Waals surface area (Å²) in [5, 5.41) is 10.0. The van der Waals surface area contributed by atoms with Crippen molar-refractivity contribution in [1.82, 2.24) is 4.90 Å². The molecule has 1 aromatic carbocycles. The first kappa shape index (κ1) is 12.1. The molecular weight excluding hydrogens is 193 g/mol. The van der Waals surface area contributed by atoms with Crippen LogP contribution in [0.3, 0.4) is 0 Å². The zero-order chi connectivity index (χ0) is 11.6. The minimum absolute atomic E-state index is 0.141. The number of benzene rings is 1. The zero-order valence-corrected chi connectivity index (χ0v) is 9.66. The third-order valence-electron chi connectivity index (χ3n) is 2.37. The summed E-state index contributed by atoms with van der Waals surface area (Å²) in [6, 6.07) is 6.10. The summed E-state index contributed by atoms with van der Waals surface area (Å²) in [4.78, 5) is 1.92. The van der Waals surface area contributed by atoms with E-state index in [0.29, 0.717) is 0 Å². The lowest BCUT2D eigenvalue weighted by molar-refractivity contribution is -0.00317. The van der Waals surface area contributed by atoms with Gasteiger partial charge < -0.3 is 5.11 Å². The standard InChI is InChI=1S/C12H18FNO/c1-12(2,15)11(14(3)4)9-5-7-10(13)8-6-9/h5-8,11,15H,1-4H3. The van der Waals surface area contributed by atoms with Crippen LogP contribution in [0.2, 0.25) is 0 Å². The van der Waals surface area contributed by atoms with Gasteiger partial charge in [-0.1, -0.05) is 12.1 Å². The number of nitrogens with zero attached hydrogens (tertiary/aromatic N) is 1. The first-order valence-electron chi connectivity index (χ1n) is 4.96. The second-order valence-electron chi connectivity index (χ2n) is 4.57. The van der Waals surface area contributed by atoms with Gasteiger partial charge in [-0.2, -0.15) is 0 Å². The molecule has 0 fully saturated rings. The van der Waals surface area contributed by atoms with Crippen LogP contribution in [0, 0.1) is 5.82 Å². The van der Waals surface area contributed by atoms with Gasteiger partial charge in [-0.05, 0) is 45.6 Å². The van der Waals surface area contributed by atoms with E-state index in [2.05, 4.69) is 0 Å². The van der Waals surface area contributed by atoms with Crippen molar-refractivity contribution in [2.75, 3.05) is 14.1 Å². The summed E-state index contributed by atoms with van der Waals surface area (Å²) in [6.45, 7) is 3.50. The van der Waals surface area contributed by atoms with Crippen molar-refractivity contribution in [3.05, 3.63) is 35.6 Å². The molecule has 84 valence electrons. The monoisotopic (exact) mass is 211 g/mol. The third-order valence-corrected chi connectivity index (χ3v) is 2.37. The van der Waals surface area contributed by atoms with E-state index in [4.69, 9.17) is 0 Å². The molecule has 0 spiro atoms. The molecule has 2 nitrogen and oxygen atoms in total. The number of aliphatic hydroxyl groups is 1. The van der Waals surface area contributed by atoms with Crippen LogP contribution in [-0.2, 0) is 0 Å². The number of halogens is 1. The minimum Gasteiger partial charge on any atom is -0.388 e. The molecular formula is C12H18FNO. The molecule has 0 heterocycles. The van der Waals surface area contributed by atoms with Crippen LogP contribution in [0.1, 0.15) is 25.5 Å². The zero-order valence-electron chi connectivity index (χ0n) is 9.66. The van der Waals surface area contributed by atoms with E-state index in [9.17, 15) is 9.50 Å². The average molecular weight is 211 g/mol. The van der Waals surface area contributed by atoms with E-state index >= 15 is 0 Å². The van der Waals surface area contributed by atoms with Crippen molar-refractivity contribution in [3.63, 3.8) is 0 Å². The van der Waals surface area contributed by atoms with Crippen molar-refractivity contribution in [3.8, 4) is 0 Å². The van der Waals surface area contributed by atoms with Crippen LogP contribution < -0.4 is 0 Å². The van der Waals surface area contributed by atoms with Gasteiger partial charge in [0.25, 0.3) is 0 Å². The Labute approximate surface area is 90.3 Å². The highest BCUT2D eigenvalue weighted by Gasteiger charge is 2.29. The summed E-state index contributed by atoms with van der Waals surface area (Å²) >= 11 is 0. The van der Waals surface area contributed by atoms with Gasteiger partial charge in [-0.15, -0.1) is 0 Å². The topological polar surface area (TPSA) is 23.5 Å². The van der Waals surface area contributed by atoms with Crippen LogP contribution in [0.5, 0.6) is 0 Å². The molecule has 0 radical (unpaired) electrons. The minimum atomic E-state index is -0.860. The number of hydrogen-bond acceptors (Lipinski definition) is 2. The van der Waals surface area contributed by atoms with Crippen molar-refractivity contribution in [1.29, 1.82) is 0 Å². The fourth-order valence-electron chi connectivity index (χ4n) is 1.98. The second-order valence-corrected chi connectivity index (χ2v) is 4.57. The van der Waals surface area contributed by atoms with E-state index in [1.165, 1.54) is 12.1 Å². The van der Waals surface area contributed by atoms with Gasteiger partial charge in [-0.25, -0.2) is 4.39 Å². The lowest BCUT2D eigenvalue weighted by atomic mass is 9.91. The number of hydrogen-bond donors (Lipinski definition) is 1. The fraction of sp³-hybridized carbons (Fsp3) is 0.500. The number of rotatable bonds is 3. The summed E-state index contributed by atoms with van der Waals surface area (Å²) in [7, 11) is 3.79. The third kappa shape index (κ3) is 3.01. The Hall–Kier alpha value is -0.930. The molecule has 1 rings (SSSR count). The van der Waals surface area contributed by atoms with E-state index in [-0.39, 0.29) is 11.9 Å². The molecule has 1 unspecified atom stereocenters. The Morgan fingerprint density at radius 3 is 2.00 bits per heavy atom. The van der Waals surface area contributed by atoms with Gasteiger partial charge in [0.2, 0.25) is 0 Å². The second kappa shape index (κ2) is 4.29. The molecule has 0 amide bonds. The largest absolute Gasteiger partial charge is 0.388 e. The van der Waals surface area contributed by atoms with Gasteiger partial charge in [0.1, 0.15) is 5.82 Å². The molecule has 3 heteroatoms. The van der Waals surface area contributed by atoms with Crippen LogP contribution >= 0.6 is 0 Å². The maximum Gasteiger partial charge on any atom is 0.123 e. The summed E-state index contributed by atoms with van der Waals surface area (Å²) in [5.41, 5.74) is 0.0512. The maximum absolute atomic E-state index is 12.8. The Kier molecular flexibility index (Phi) is 3.47. The quantitative estimate of drug-likeness (QED) is 0.828.